The number of ketones is 1. The number of hydrogen-bond acceptors (Lipinski definition) is 4. The van der Waals surface area contributed by atoms with Crippen molar-refractivity contribution in [3.63, 3.8) is 0 Å². The highest BCUT2D eigenvalue weighted by Gasteiger charge is 2.26. The number of anilines is 1. The van der Waals surface area contributed by atoms with Gasteiger partial charge in [0.15, 0.2) is 5.78 Å². The highest BCUT2D eigenvalue weighted by atomic mass is 16.2. The molecule has 146 valence electrons. The van der Waals surface area contributed by atoms with Gasteiger partial charge in [0.05, 0.1) is 5.56 Å². The number of nitrogens with zero attached hydrogens (tertiary/aromatic N) is 3. The van der Waals surface area contributed by atoms with Crippen molar-refractivity contribution in [2.45, 2.75) is 6.92 Å². The Morgan fingerprint density at radius 1 is 0.793 bits per heavy atom. The average Bonchev–Trinajstić information content (AvgIpc) is 2.79. The molecule has 3 aromatic rings. The number of carbonyl (C=O) groups excluding carboxylic acids is 2. The predicted octanol–water partition coefficient (Wildman–Crippen LogP) is 3.58. The summed E-state index contributed by atoms with van der Waals surface area (Å²) in [5, 5.41) is 0. The molecule has 1 aromatic heterocycles. The maximum absolute atomic E-state index is 13.2. The summed E-state index contributed by atoms with van der Waals surface area (Å²) in [4.78, 5) is 34.6. The number of carbonyl (C=O) groups is 2. The molecule has 0 N–H and O–H groups in total. The minimum atomic E-state index is -0.124. The zero-order valence-electron chi connectivity index (χ0n) is 16.4. The van der Waals surface area contributed by atoms with Crippen molar-refractivity contribution in [1.82, 2.24) is 9.88 Å². The molecule has 2 aromatic carbocycles. The third kappa shape index (κ3) is 4.04. The quantitative estimate of drug-likeness (QED) is 0.644. The summed E-state index contributed by atoms with van der Waals surface area (Å²) in [5.41, 5.74) is 2.60. The van der Waals surface area contributed by atoms with E-state index in [4.69, 9.17) is 0 Å². The van der Waals surface area contributed by atoms with Crippen LogP contribution in [0.15, 0.2) is 72.9 Å². The highest BCUT2D eigenvalue weighted by molar-refractivity contribution is 6.15. The molecule has 5 heteroatoms. The van der Waals surface area contributed by atoms with Gasteiger partial charge < -0.3 is 9.80 Å². The first kappa shape index (κ1) is 18.9. The second kappa shape index (κ2) is 8.27. The summed E-state index contributed by atoms with van der Waals surface area (Å²) in [6, 6.07) is 20.4. The first-order chi connectivity index (χ1) is 14.1. The lowest BCUT2D eigenvalue weighted by Gasteiger charge is -2.35. The summed E-state index contributed by atoms with van der Waals surface area (Å²) in [7, 11) is 0. The molecule has 0 bridgehead atoms. The molecule has 1 amide bonds. The number of aromatic nitrogens is 1. The molecule has 1 aliphatic heterocycles. The molecule has 2 heterocycles. The third-order valence-electron chi connectivity index (χ3n) is 5.26. The maximum Gasteiger partial charge on any atom is 0.254 e. The Balaban J connectivity index is 1.51. The largest absolute Gasteiger partial charge is 0.353 e. The van der Waals surface area contributed by atoms with Crippen LogP contribution in [0.25, 0.3) is 0 Å². The maximum atomic E-state index is 13.2. The molecule has 0 radical (unpaired) electrons. The van der Waals surface area contributed by atoms with E-state index >= 15 is 0 Å². The Kier molecular flexibility index (Phi) is 5.38. The molecule has 1 fully saturated rings. The summed E-state index contributed by atoms with van der Waals surface area (Å²) >= 11 is 0. The highest BCUT2D eigenvalue weighted by Crippen LogP contribution is 2.19. The van der Waals surface area contributed by atoms with Crippen molar-refractivity contribution >= 4 is 17.5 Å². The first-order valence-electron chi connectivity index (χ1n) is 9.79. The molecule has 0 atom stereocenters. The van der Waals surface area contributed by atoms with E-state index in [0.29, 0.717) is 29.8 Å². The van der Waals surface area contributed by atoms with Crippen LogP contribution in [0.3, 0.4) is 0 Å². The van der Waals surface area contributed by atoms with Crippen LogP contribution in [0.1, 0.15) is 31.8 Å². The fraction of sp³-hybridized carbons (Fsp3) is 0.208. The Morgan fingerprint density at radius 2 is 1.45 bits per heavy atom. The van der Waals surface area contributed by atoms with E-state index in [2.05, 4.69) is 9.88 Å². The molecule has 4 rings (SSSR count). The number of benzene rings is 2. The van der Waals surface area contributed by atoms with Gasteiger partial charge in [-0.3, -0.25) is 9.59 Å². The van der Waals surface area contributed by atoms with Gasteiger partial charge in [-0.15, -0.1) is 0 Å². The number of piperazine rings is 1. The van der Waals surface area contributed by atoms with Gasteiger partial charge in [0.2, 0.25) is 0 Å². The van der Waals surface area contributed by atoms with E-state index in [-0.39, 0.29) is 11.7 Å². The van der Waals surface area contributed by atoms with E-state index in [9.17, 15) is 9.59 Å². The summed E-state index contributed by atoms with van der Waals surface area (Å²) in [5.74, 6) is 0.706. The fourth-order valence-corrected chi connectivity index (χ4v) is 3.58. The van der Waals surface area contributed by atoms with Crippen molar-refractivity contribution in [2.75, 3.05) is 31.1 Å². The van der Waals surface area contributed by atoms with Crippen LogP contribution in [0.5, 0.6) is 0 Å². The number of aryl methyl sites for hydroxylation is 1. The molecular weight excluding hydrogens is 362 g/mol. The molecule has 1 aliphatic rings. The zero-order chi connectivity index (χ0) is 20.2. The van der Waals surface area contributed by atoms with Crippen molar-refractivity contribution in [3.05, 3.63) is 95.2 Å². The third-order valence-corrected chi connectivity index (χ3v) is 5.26. The Hall–Kier alpha value is -3.47. The number of amides is 1. The van der Waals surface area contributed by atoms with Crippen molar-refractivity contribution < 1.29 is 9.59 Å². The van der Waals surface area contributed by atoms with Crippen molar-refractivity contribution in [3.8, 4) is 0 Å². The number of hydrogen-bond donors (Lipinski definition) is 0. The van der Waals surface area contributed by atoms with Gasteiger partial charge >= 0.3 is 0 Å². The van der Waals surface area contributed by atoms with Gasteiger partial charge in [0.25, 0.3) is 5.91 Å². The summed E-state index contributed by atoms with van der Waals surface area (Å²) in [6.07, 6.45) is 1.78. The van der Waals surface area contributed by atoms with Crippen LogP contribution >= 0.6 is 0 Å². The molecule has 29 heavy (non-hydrogen) atoms. The monoisotopic (exact) mass is 385 g/mol. The van der Waals surface area contributed by atoms with E-state index in [1.807, 2.05) is 60.4 Å². The van der Waals surface area contributed by atoms with Gasteiger partial charge in [-0.25, -0.2) is 4.98 Å². The molecule has 0 spiro atoms. The van der Waals surface area contributed by atoms with Crippen LogP contribution in [0, 0.1) is 6.92 Å². The topological polar surface area (TPSA) is 53.5 Å². The predicted molar refractivity (Wildman–Crippen MR) is 113 cm³/mol. The van der Waals surface area contributed by atoms with Gasteiger partial charge in [-0.2, -0.15) is 0 Å². The van der Waals surface area contributed by atoms with Crippen molar-refractivity contribution in [1.29, 1.82) is 0 Å². The normalized spacial score (nSPS) is 14.0. The first-order valence-corrected chi connectivity index (χ1v) is 9.79. The lowest BCUT2D eigenvalue weighted by Crippen LogP contribution is -2.49. The van der Waals surface area contributed by atoms with E-state index in [1.54, 1.807) is 24.4 Å². The minimum absolute atomic E-state index is 0.0956. The Morgan fingerprint density at radius 3 is 2.10 bits per heavy atom. The van der Waals surface area contributed by atoms with E-state index in [0.717, 1.165) is 24.5 Å². The van der Waals surface area contributed by atoms with Gasteiger partial charge in [-0.05, 0) is 25.1 Å². The molecule has 1 saturated heterocycles. The fourth-order valence-electron chi connectivity index (χ4n) is 3.58. The van der Waals surface area contributed by atoms with Crippen LogP contribution in [-0.2, 0) is 0 Å². The zero-order valence-corrected chi connectivity index (χ0v) is 16.4. The summed E-state index contributed by atoms with van der Waals surface area (Å²) in [6.45, 7) is 4.62. The lowest BCUT2D eigenvalue weighted by molar-refractivity contribution is 0.0742. The van der Waals surface area contributed by atoms with Crippen molar-refractivity contribution in [2.24, 2.45) is 0 Å². The molecule has 5 nitrogen and oxygen atoms in total. The summed E-state index contributed by atoms with van der Waals surface area (Å²) < 4.78 is 0. The minimum Gasteiger partial charge on any atom is -0.353 e. The standard InChI is InChI=1S/C24H23N3O2/c1-18-9-11-19(12-10-18)23(28)20-6-2-3-7-21(20)24(29)27-16-14-26(15-17-27)22-8-4-5-13-25-22/h2-13H,14-17H2,1H3. The van der Waals surface area contributed by atoms with Crippen LogP contribution in [0.4, 0.5) is 5.82 Å². The lowest BCUT2D eigenvalue weighted by atomic mass is 9.97. The molecule has 0 aliphatic carbocycles. The second-order valence-corrected chi connectivity index (χ2v) is 7.21. The van der Waals surface area contributed by atoms with Crippen LogP contribution in [0.2, 0.25) is 0 Å². The molecule has 0 unspecified atom stereocenters. The SMILES string of the molecule is Cc1ccc(C(=O)c2ccccc2C(=O)N2CCN(c3ccccn3)CC2)cc1. The average molecular weight is 385 g/mol. The Bertz CT molecular complexity index is 1010. The van der Waals surface area contributed by atoms with Gasteiger partial charge in [0, 0.05) is 43.5 Å². The van der Waals surface area contributed by atoms with Crippen LogP contribution in [-0.4, -0.2) is 47.8 Å². The second-order valence-electron chi connectivity index (χ2n) is 7.21. The Labute approximate surface area is 170 Å². The molecular formula is C24H23N3O2. The van der Waals surface area contributed by atoms with Gasteiger partial charge in [-0.1, -0.05) is 54.1 Å². The van der Waals surface area contributed by atoms with E-state index < -0.39 is 0 Å². The number of rotatable bonds is 4. The van der Waals surface area contributed by atoms with E-state index in [1.165, 1.54) is 0 Å². The molecule has 0 saturated carbocycles. The van der Waals surface area contributed by atoms with Crippen LogP contribution < -0.4 is 4.90 Å². The number of pyridine rings is 1. The smallest absolute Gasteiger partial charge is 0.254 e. The van der Waals surface area contributed by atoms with Gasteiger partial charge in [0.1, 0.15) is 5.82 Å².